The number of nitrogens with one attached hydrogen (secondary N) is 1. The molecule has 198 valence electrons. The molecule has 3 atom stereocenters. The fourth-order valence-electron chi connectivity index (χ4n) is 5.70. The largest absolute Gasteiger partial charge is 0.345 e. The molecule has 2 aliphatic rings. The predicted molar refractivity (Wildman–Crippen MR) is 138 cm³/mol. The number of aryl methyl sites for hydroxylation is 2. The van der Waals surface area contributed by atoms with Crippen LogP contribution in [0.3, 0.4) is 0 Å². The number of hydrogen-bond acceptors (Lipinski definition) is 5. The quantitative estimate of drug-likeness (QED) is 0.512. The van der Waals surface area contributed by atoms with E-state index < -0.39 is 17.5 Å². The Hall–Kier alpha value is -3.72. The molecule has 5 rings (SSSR count). The molecule has 7 nitrogen and oxygen atoms in total. The van der Waals surface area contributed by atoms with Crippen LogP contribution in [0, 0.1) is 37.3 Å². The standard InChI is InChI=1S/C29H31F2N5O2/c1-18-27(19(2)33-17-32-18)29(38)36-15-22-13-35(14-23(22)16-36)11-10-26(20-6-4-3-5-7-20)34-28(37)21-8-9-24(30)25(31)12-21/h3-9,12,17,22-23,26H,10-11,13-16H2,1-2H3,(H,34,37)/t22-,23?,26?/m0/s1. The SMILES string of the molecule is Cc1ncnc(C)c1C(=O)N1CC2CN(CCC(NC(=O)c3ccc(F)c(F)c3)c3ccccc3)C[C@H]2C1. The van der Waals surface area contributed by atoms with Crippen LogP contribution < -0.4 is 5.32 Å². The van der Waals surface area contributed by atoms with E-state index in [1.807, 2.05) is 49.1 Å². The summed E-state index contributed by atoms with van der Waals surface area (Å²) in [7, 11) is 0. The predicted octanol–water partition coefficient (Wildman–Crippen LogP) is 3.94. The molecule has 2 aliphatic heterocycles. The topological polar surface area (TPSA) is 78.4 Å². The maximum absolute atomic E-state index is 13.7. The normalized spacial score (nSPS) is 19.8. The molecule has 2 amide bonds. The molecule has 2 saturated heterocycles. The lowest BCUT2D eigenvalue weighted by molar-refractivity contribution is 0.0771. The summed E-state index contributed by atoms with van der Waals surface area (Å²) in [5, 5.41) is 3.00. The van der Waals surface area contributed by atoms with E-state index in [1.165, 1.54) is 12.4 Å². The Kier molecular flexibility index (Phi) is 7.46. The number of carbonyl (C=O) groups excluding carboxylic acids is 2. The number of amides is 2. The van der Waals surface area contributed by atoms with E-state index >= 15 is 0 Å². The summed E-state index contributed by atoms with van der Waals surface area (Å²) in [6, 6.07) is 12.5. The Morgan fingerprint density at radius 3 is 2.24 bits per heavy atom. The zero-order valence-electron chi connectivity index (χ0n) is 21.5. The molecule has 0 aliphatic carbocycles. The van der Waals surface area contributed by atoms with Gasteiger partial charge in [0.25, 0.3) is 11.8 Å². The highest BCUT2D eigenvalue weighted by molar-refractivity contribution is 5.96. The minimum Gasteiger partial charge on any atom is -0.345 e. The van der Waals surface area contributed by atoms with E-state index in [9.17, 15) is 18.4 Å². The van der Waals surface area contributed by atoms with Crippen molar-refractivity contribution in [1.29, 1.82) is 0 Å². The molecule has 2 unspecified atom stereocenters. The number of carbonyl (C=O) groups is 2. The van der Waals surface area contributed by atoms with Gasteiger partial charge in [-0.05, 0) is 55.9 Å². The maximum atomic E-state index is 13.7. The highest BCUT2D eigenvalue weighted by Gasteiger charge is 2.42. The molecular formula is C29H31F2N5O2. The van der Waals surface area contributed by atoms with Crippen LogP contribution >= 0.6 is 0 Å². The maximum Gasteiger partial charge on any atom is 0.257 e. The monoisotopic (exact) mass is 519 g/mol. The molecule has 3 heterocycles. The number of rotatable bonds is 7. The summed E-state index contributed by atoms with van der Waals surface area (Å²) < 4.78 is 27.0. The van der Waals surface area contributed by atoms with Crippen molar-refractivity contribution in [2.24, 2.45) is 11.8 Å². The van der Waals surface area contributed by atoms with Gasteiger partial charge in [-0.3, -0.25) is 9.59 Å². The van der Waals surface area contributed by atoms with Gasteiger partial charge in [-0.15, -0.1) is 0 Å². The number of nitrogens with zero attached hydrogens (tertiary/aromatic N) is 4. The molecule has 9 heteroatoms. The van der Waals surface area contributed by atoms with Gasteiger partial charge in [0.15, 0.2) is 11.6 Å². The van der Waals surface area contributed by atoms with Crippen LogP contribution in [-0.2, 0) is 0 Å². The van der Waals surface area contributed by atoms with Crippen LogP contribution in [0.1, 0.15) is 50.1 Å². The van der Waals surface area contributed by atoms with Crippen molar-refractivity contribution in [2.75, 3.05) is 32.7 Å². The molecule has 0 radical (unpaired) electrons. The van der Waals surface area contributed by atoms with Crippen LogP contribution in [-0.4, -0.2) is 64.3 Å². The van der Waals surface area contributed by atoms with E-state index in [-0.39, 0.29) is 17.5 Å². The highest BCUT2D eigenvalue weighted by Crippen LogP contribution is 2.33. The second kappa shape index (κ2) is 10.9. The van der Waals surface area contributed by atoms with Gasteiger partial charge >= 0.3 is 0 Å². The van der Waals surface area contributed by atoms with Gasteiger partial charge in [0.2, 0.25) is 0 Å². The van der Waals surface area contributed by atoms with E-state index in [0.717, 1.165) is 37.3 Å². The van der Waals surface area contributed by atoms with E-state index in [0.29, 0.717) is 48.3 Å². The van der Waals surface area contributed by atoms with Crippen LogP contribution in [0.25, 0.3) is 0 Å². The average molecular weight is 520 g/mol. The van der Waals surface area contributed by atoms with Gasteiger partial charge < -0.3 is 15.1 Å². The van der Waals surface area contributed by atoms with Crippen molar-refractivity contribution in [3.63, 3.8) is 0 Å². The summed E-state index contributed by atoms with van der Waals surface area (Å²) in [5.41, 5.74) is 3.05. The van der Waals surface area contributed by atoms with Gasteiger partial charge in [0.1, 0.15) is 6.33 Å². The first-order chi connectivity index (χ1) is 18.3. The fraction of sp³-hybridized carbons (Fsp3) is 0.379. The van der Waals surface area contributed by atoms with Crippen molar-refractivity contribution in [2.45, 2.75) is 26.3 Å². The second-order valence-corrected chi connectivity index (χ2v) is 10.3. The molecule has 0 saturated carbocycles. The lowest BCUT2D eigenvalue weighted by Gasteiger charge is -2.25. The lowest BCUT2D eigenvalue weighted by Crippen LogP contribution is -2.36. The molecule has 38 heavy (non-hydrogen) atoms. The Balaban J connectivity index is 1.20. The zero-order valence-corrected chi connectivity index (χ0v) is 21.5. The number of benzene rings is 2. The van der Waals surface area contributed by atoms with Crippen LogP contribution in [0.4, 0.5) is 8.78 Å². The number of aromatic nitrogens is 2. The van der Waals surface area contributed by atoms with Crippen LogP contribution in [0.2, 0.25) is 0 Å². The molecule has 3 aromatic rings. The van der Waals surface area contributed by atoms with Crippen molar-refractivity contribution >= 4 is 11.8 Å². The minimum absolute atomic E-state index is 0.00522. The molecular weight excluding hydrogens is 488 g/mol. The first kappa shape index (κ1) is 25.9. The Labute approximate surface area is 220 Å². The molecule has 0 spiro atoms. The zero-order chi connectivity index (χ0) is 26.8. The van der Waals surface area contributed by atoms with Gasteiger partial charge in [-0.1, -0.05) is 30.3 Å². The smallest absolute Gasteiger partial charge is 0.257 e. The van der Waals surface area contributed by atoms with Crippen LogP contribution in [0.5, 0.6) is 0 Å². The number of likely N-dealkylation sites (tertiary alicyclic amines) is 2. The summed E-state index contributed by atoms with van der Waals surface area (Å²) in [6.45, 7) is 7.64. The highest BCUT2D eigenvalue weighted by atomic mass is 19.2. The first-order valence-electron chi connectivity index (χ1n) is 12.9. The summed E-state index contributed by atoms with van der Waals surface area (Å²) in [6.07, 6.45) is 2.16. The van der Waals surface area contributed by atoms with Gasteiger partial charge in [0.05, 0.1) is 23.0 Å². The van der Waals surface area contributed by atoms with Crippen molar-refractivity contribution in [1.82, 2.24) is 25.1 Å². The summed E-state index contributed by atoms with van der Waals surface area (Å²) >= 11 is 0. The Morgan fingerprint density at radius 2 is 1.61 bits per heavy atom. The van der Waals surface area contributed by atoms with E-state index in [2.05, 4.69) is 20.2 Å². The third kappa shape index (κ3) is 5.43. The summed E-state index contributed by atoms with van der Waals surface area (Å²) in [5.74, 6) is -1.67. The first-order valence-corrected chi connectivity index (χ1v) is 12.9. The minimum atomic E-state index is -1.05. The molecule has 0 bridgehead atoms. The number of halogens is 2. The van der Waals surface area contributed by atoms with Crippen LogP contribution in [0.15, 0.2) is 54.9 Å². The second-order valence-electron chi connectivity index (χ2n) is 10.3. The number of fused-ring (bicyclic) bond motifs is 1. The Morgan fingerprint density at radius 1 is 0.947 bits per heavy atom. The molecule has 1 N–H and O–H groups in total. The number of hydrogen-bond donors (Lipinski definition) is 1. The summed E-state index contributed by atoms with van der Waals surface area (Å²) in [4.78, 5) is 38.7. The van der Waals surface area contributed by atoms with E-state index in [1.54, 1.807) is 0 Å². The fourth-order valence-corrected chi connectivity index (χ4v) is 5.70. The Bertz CT molecular complexity index is 1300. The van der Waals surface area contributed by atoms with Gasteiger partial charge in [0, 0.05) is 38.3 Å². The van der Waals surface area contributed by atoms with E-state index in [4.69, 9.17) is 0 Å². The van der Waals surface area contributed by atoms with Gasteiger partial charge in [-0.2, -0.15) is 0 Å². The van der Waals surface area contributed by atoms with Crippen molar-refractivity contribution in [3.05, 3.63) is 94.6 Å². The third-order valence-corrected chi connectivity index (χ3v) is 7.71. The third-order valence-electron chi connectivity index (χ3n) is 7.71. The molecule has 2 aromatic carbocycles. The van der Waals surface area contributed by atoms with Gasteiger partial charge in [-0.25, -0.2) is 18.7 Å². The lowest BCUT2D eigenvalue weighted by atomic mass is 10.0. The molecule has 1 aromatic heterocycles. The average Bonchev–Trinajstić information content (AvgIpc) is 3.47. The van der Waals surface area contributed by atoms with Crippen molar-refractivity contribution in [3.8, 4) is 0 Å². The molecule has 2 fully saturated rings. The van der Waals surface area contributed by atoms with Crippen molar-refractivity contribution < 1.29 is 18.4 Å².